The number of aryl methyl sites for hydroxylation is 3. The third-order valence-corrected chi connectivity index (χ3v) is 6.30. The first-order valence-electron chi connectivity index (χ1n) is 9.87. The molecule has 0 saturated heterocycles. The lowest BCUT2D eigenvalue weighted by molar-refractivity contribution is -0.132. The lowest BCUT2D eigenvalue weighted by Crippen LogP contribution is -2.36. The molecule has 0 saturated carbocycles. The normalized spacial score (nSPS) is 14.0. The number of carbonyl (C=O) groups is 1. The molecule has 3 aromatic rings. The average Bonchev–Trinajstić information content (AvgIpc) is 3.20. The van der Waals surface area contributed by atoms with Gasteiger partial charge in [-0.25, -0.2) is 19.0 Å². The molecular formula is C21H24FN5OS. The third-order valence-electron chi connectivity index (χ3n) is 5.23. The fourth-order valence-electron chi connectivity index (χ4n) is 3.64. The maximum atomic E-state index is 13.6. The van der Waals surface area contributed by atoms with E-state index in [0.717, 1.165) is 34.9 Å². The van der Waals surface area contributed by atoms with Gasteiger partial charge >= 0.3 is 0 Å². The summed E-state index contributed by atoms with van der Waals surface area (Å²) in [5, 5.41) is 5.64. The highest BCUT2D eigenvalue weighted by Crippen LogP contribution is 2.23. The van der Waals surface area contributed by atoms with Crippen LogP contribution in [-0.2, 0) is 30.6 Å². The van der Waals surface area contributed by atoms with Crippen molar-refractivity contribution in [2.45, 2.75) is 46.6 Å². The Morgan fingerprint density at radius 3 is 2.76 bits per heavy atom. The van der Waals surface area contributed by atoms with E-state index in [0.29, 0.717) is 30.9 Å². The molecule has 0 spiro atoms. The second kappa shape index (κ2) is 8.02. The Morgan fingerprint density at radius 1 is 1.21 bits per heavy atom. The van der Waals surface area contributed by atoms with Crippen LogP contribution in [0.1, 0.15) is 33.9 Å². The minimum absolute atomic E-state index is 0.0401. The van der Waals surface area contributed by atoms with Gasteiger partial charge in [0.25, 0.3) is 0 Å². The minimum Gasteiger partial charge on any atom is -0.340 e. The molecule has 0 aliphatic carbocycles. The van der Waals surface area contributed by atoms with Crippen molar-refractivity contribution in [3.8, 4) is 11.4 Å². The number of aromatic nitrogens is 4. The molecule has 0 atom stereocenters. The van der Waals surface area contributed by atoms with Gasteiger partial charge in [0, 0.05) is 42.8 Å². The molecular weight excluding hydrogens is 389 g/mol. The zero-order valence-electron chi connectivity index (χ0n) is 16.9. The molecule has 4 rings (SSSR count). The summed E-state index contributed by atoms with van der Waals surface area (Å²) in [6.07, 6.45) is 2.31. The first-order chi connectivity index (χ1) is 13.9. The van der Waals surface area contributed by atoms with E-state index >= 15 is 0 Å². The summed E-state index contributed by atoms with van der Waals surface area (Å²) in [6, 6.07) is 4.83. The van der Waals surface area contributed by atoms with E-state index < -0.39 is 0 Å². The van der Waals surface area contributed by atoms with Crippen molar-refractivity contribution in [2.24, 2.45) is 0 Å². The molecule has 1 aliphatic rings. The van der Waals surface area contributed by atoms with Gasteiger partial charge in [0.2, 0.25) is 5.91 Å². The molecule has 1 aliphatic heterocycles. The van der Waals surface area contributed by atoms with Crippen molar-refractivity contribution in [3.63, 3.8) is 0 Å². The molecule has 1 aromatic carbocycles. The Balaban J connectivity index is 1.50. The number of thiazole rings is 1. The van der Waals surface area contributed by atoms with E-state index in [1.807, 2.05) is 18.7 Å². The fourth-order valence-corrected chi connectivity index (χ4v) is 4.61. The van der Waals surface area contributed by atoms with E-state index in [1.165, 1.54) is 10.9 Å². The number of benzene rings is 1. The van der Waals surface area contributed by atoms with Crippen molar-refractivity contribution < 1.29 is 9.18 Å². The van der Waals surface area contributed by atoms with Crippen LogP contribution < -0.4 is 0 Å². The van der Waals surface area contributed by atoms with Crippen LogP contribution in [0.5, 0.6) is 0 Å². The van der Waals surface area contributed by atoms with Crippen molar-refractivity contribution in [2.75, 3.05) is 13.1 Å². The molecule has 0 unspecified atom stereocenters. The van der Waals surface area contributed by atoms with Crippen molar-refractivity contribution in [1.82, 2.24) is 24.6 Å². The van der Waals surface area contributed by atoms with Crippen LogP contribution in [0, 0.1) is 19.7 Å². The van der Waals surface area contributed by atoms with Crippen LogP contribution in [-0.4, -0.2) is 43.6 Å². The van der Waals surface area contributed by atoms with Crippen LogP contribution in [0.15, 0.2) is 18.2 Å². The fraction of sp³-hybridized carbons (Fsp3) is 0.429. The largest absolute Gasteiger partial charge is 0.340 e. The summed E-state index contributed by atoms with van der Waals surface area (Å²) >= 11 is 1.73. The maximum Gasteiger partial charge on any atom is 0.244 e. The summed E-state index contributed by atoms with van der Waals surface area (Å²) in [5.41, 5.74) is 2.44. The van der Waals surface area contributed by atoms with Gasteiger partial charge in [-0.1, -0.05) is 6.92 Å². The zero-order chi connectivity index (χ0) is 20.5. The summed E-state index contributed by atoms with van der Waals surface area (Å²) in [6.45, 7) is 7.27. The van der Waals surface area contributed by atoms with E-state index in [9.17, 15) is 9.18 Å². The smallest absolute Gasteiger partial charge is 0.244 e. The number of fused-ring (bicyclic) bond motifs is 1. The van der Waals surface area contributed by atoms with Crippen molar-refractivity contribution in [3.05, 3.63) is 51.0 Å². The monoisotopic (exact) mass is 413 g/mol. The summed E-state index contributed by atoms with van der Waals surface area (Å²) < 4.78 is 15.3. The minimum atomic E-state index is -0.251. The number of hydrogen-bond acceptors (Lipinski definition) is 5. The lowest BCUT2D eigenvalue weighted by atomic mass is 10.1. The number of nitrogens with zero attached hydrogens (tertiary/aromatic N) is 5. The molecule has 29 heavy (non-hydrogen) atoms. The summed E-state index contributed by atoms with van der Waals surface area (Å²) in [7, 11) is 0. The molecule has 2 aromatic heterocycles. The highest BCUT2D eigenvalue weighted by molar-refractivity contribution is 7.11. The predicted molar refractivity (Wildman–Crippen MR) is 110 cm³/mol. The van der Waals surface area contributed by atoms with Crippen molar-refractivity contribution in [1.29, 1.82) is 0 Å². The van der Waals surface area contributed by atoms with Crippen LogP contribution >= 0.6 is 11.3 Å². The van der Waals surface area contributed by atoms with E-state index in [4.69, 9.17) is 0 Å². The maximum absolute atomic E-state index is 13.6. The van der Waals surface area contributed by atoms with Crippen LogP contribution in [0.25, 0.3) is 11.4 Å². The van der Waals surface area contributed by atoms with Gasteiger partial charge in [-0.15, -0.1) is 11.3 Å². The molecule has 0 bridgehead atoms. The Bertz CT molecular complexity index is 1030. The molecule has 0 N–H and O–H groups in total. The summed E-state index contributed by atoms with van der Waals surface area (Å²) in [5.74, 6) is 1.06. The number of amides is 1. The third kappa shape index (κ3) is 4.07. The van der Waals surface area contributed by atoms with Gasteiger partial charge in [-0.3, -0.25) is 4.79 Å². The number of rotatable bonds is 4. The molecule has 1 amide bonds. The topological polar surface area (TPSA) is 63.9 Å². The van der Waals surface area contributed by atoms with Gasteiger partial charge in [0.05, 0.1) is 10.7 Å². The van der Waals surface area contributed by atoms with Gasteiger partial charge in [-0.2, -0.15) is 5.10 Å². The number of halogens is 1. The molecule has 6 nitrogen and oxygen atoms in total. The van der Waals surface area contributed by atoms with Crippen LogP contribution in [0.2, 0.25) is 0 Å². The highest BCUT2D eigenvalue weighted by atomic mass is 32.1. The van der Waals surface area contributed by atoms with Gasteiger partial charge in [0.15, 0.2) is 5.82 Å². The quantitative estimate of drug-likeness (QED) is 0.658. The van der Waals surface area contributed by atoms with E-state index in [1.54, 1.807) is 35.1 Å². The Hall–Kier alpha value is -2.61. The molecule has 152 valence electrons. The SMILES string of the molecule is CCc1nc(-c2ccc(F)c(C)c2)nn1CC(=O)N1CCc2nc(C)sc2CC1. The zero-order valence-corrected chi connectivity index (χ0v) is 17.7. The highest BCUT2D eigenvalue weighted by Gasteiger charge is 2.22. The Kier molecular flexibility index (Phi) is 5.45. The predicted octanol–water partition coefficient (Wildman–Crippen LogP) is 3.35. The number of carbonyl (C=O) groups excluding carboxylic acids is 1. The average molecular weight is 414 g/mol. The second-order valence-corrected chi connectivity index (χ2v) is 8.60. The first kappa shape index (κ1) is 19.7. The number of hydrogen-bond donors (Lipinski definition) is 0. The summed E-state index contributed by atoms with van der Waals surface area (Å²) in [4.78, 5) is 25.3. The first-order valence-corrected chi connectivity index (χ1v) is 10.7. The molecule has 3 heterocycles. The van der Waals surface area contributed by atoms with Crippen molar-refractivity contribution >= 4 is 17.2 Å². The molecule has 8 heteroatoms. The molecule has 0 fully saturated rings. The van der Waals surface area contributed by atoms with Gasteiger partial charge in [-0.05, 0) is 37.6 Å². The standard InChI is InChI=1S/C21H24FN5OS/c1-4-19-24-21(15-5-6-16(22)13(2)11-15)25-27(19)12-20(28)26-9-7-17-18(8-10-26)29-14(3)23-17/h5-6,11H,4,7-10,12H2,1-3H3. The lowest BCUT2D eigenvalue weighted by Gasteiger charge is -2.20. The second-order valence-electron chi connectivity index (χ2n) is 7.31. The van der Waals surface area contributed by atoms with Gasteiger partial charge in [0.1, 0.15) is 18.2 Å². The van der Waals surface area contributed by atoms with Gasteiger partial charge < -0.3 is 4.90 Å². The Morgan fingerprint density at radius 2 is 2.00 bits per heavy atom. The van der Waals surface area contributed by atoms with Crippen LogP contribution in [0.4, 0.5) is 4.39 Å². The van der Waals surface area contributed by atoms with Crippen LogP contribution in [0.3, 0.4) is 0 Å². The Labute approximate surface area is 173 Å². The molecule has 0 radical (unpaired) electrons. The van der Waals surface area contributed by atoms with E-state index in [2.05, 4.69) is 15.1 Å². The van der Waals surface area contributed by atoms with E-state index in [-0.39, 0.29) is 18.3 Å².